The second-order valence-corrected chi connectivity index (χ2v) is 3.18. The largest absolute Gasteiger partial charge is 0.469 e. The van der Waals surface area contributed by atoms with Gasteiger partial charge in [0.15, 0.2) is 0 Å². The van der Waals surface area contributed by atoms with E-state index in [1.165, 1.54) is 7.11 Å². The van der Waals surface area contributed by atoms with Crippen LogP contribution in [0.5, 0.6) is 0 Å². The molecule has 0 aliphatic rings. The summed E-state index contributed by atoms with van der Waals surface area (Å²) >= 11 is 0. The first-order valence-corrected chi connectivity index (χ1v) is 5.02. The number of hydrogen-bond acceptors (Lipinski definition) is 5. The van der Waals surface area contributed by atoms with Crippen molar-refractivity contribution < 1.29 is 24.1 Å². The minimum Gasteiger partial charge on any atom is -0.469 e. The molecular formula is C10H18O5. The molecule has 0 aromatic rings. The van der Waals surface area contributed by atoms with Crippen molar-refractivity contribution in [1.29, 1.82) is 0 Å². The fourth-order valence-electron chi connectivity index (χ4n) is 0.972. The monoisotopic (exact) mass is 218 g/mol. The van der Waals surface area contributed by atoms with Crippen molar-refractivity contribution in [2.75, 3.05) is 13.7 Å². The Balaban J connectivity index is 3.59. The van der Waals surface area contributed by atoms with Gasteiger partial charge in [-0.2, -0.15) is 4.89 Å². The van der Waals surface area contributed by atoms with E-state index in [0.717, 1.165) is 0 Å². The van der Waals surface area contributed by atoms with Gasteiger partial charge in [-0.05, 0) is 19.8 Å². The third-order valence-electron chi connectivity index (χ3n) is 1.91. The molecule has 0 heterocycles. The third-order valence-corrected chi connectivity index (χ3v) is 1.91. The van der Waals surface area contributed by atoms with Crippen LogP contribution in [0.1, 0.15) is 33.1 Å². The second kappa shape index (κ2) is 8.23. The zero-order valence-corrected chi connectivity index (χ0v) is 9.45. The topological polar surface area (TPSA) is 61.8 Å². The molecule has 0 aromatic carbocycles. The van der Waals surface area contributed by atoms with E-state index in [4.69, 9.17) is 0 Å². The molecule has 15 heavy (non-hydrogen) atoms. The van der Waals surface area contributed by atoms with Crippen LogP contribution in [0.4, 0.5) is 0 Å². The summed E-state index contributed by atoms with van der Waals surface area (Å²) < 4.78 is 4.48. The Labute approximate surface area is 89.6 Å². The van der Waals surface area contributed by atoms with Crippen LogP contribution in [-0.2, 0) is 24.1 Å². The Morgan fingerprint density at radius 1 is 1.33 bits per heavy atom. The van der Waals surface area contributed by atoms with E-state index in [2.05, 4.69) is 14.5 Å². The summed E-state index contributed by atoms with van der Waals surface area (Å²) in [6.07, 6.45) is 1.51. The van der Waals surface area contributed by atoms with Crippen molar-refractivity contribution >= 4 is 11.9 Å². The molecular weight excluding hydrogens is 200 g/mol. The van der Waals surface area contributed by atoms with Crippen LogP contribution in [0.15, 0.2) is 0 Å². The molecule has 0 radical (unpaired) electrons. The highest BCUT2D eigenvalue weighted by Crippen LogP contribution is 2.10. The van der Waals surface area contributed by atoms with E-state index < -0.39 is 5.97 Å². The first kappa shape index (κ1) is 13.9. The van der Waals surface area contributed by atoms with Gasteiger partial charge in [0, 0.05) is 6.42 Å². The first-order chi connectivity index (χ1) is 7.11. The van der Waals surface area contributed by atoms with Crippen molar-refractivity contribution in [3.05, 3.63) is 0 Å². The van der Waals surface area contributed by atoms with Crippen molar-refractivity contribution in [2.24, 2.45) is 5.92 Å². The molecule has 1 atom stereocenters. The van der Waals surface area contributed by atoms with E-state index in [1.54, 1.807) is 13.8 Å². The zero-order valence-electron chi connectivity index (χ0n) is 9.45. The Morgan fingerprint density at radius 3 is 2.53 bits per heavy atom. The smallest absolute Gasteiger partial charge is 0.345 e. The van der Waals surface area contributed by atoms with Crippen LogP contribution < -0.4 is 0 Å². The maximum Gasteiger partial charge on any atom is 0.345 e. The second-order valence-electron chi connectivity index (χ2n) is 3.18. The Morgan fingerprint density at radius 2 is 2.00 bits per heavy atom. The minimum absolute atomic E-state index is 0.263. The maximum atomic E-state index is 11.2. The summed E-state index contributed by atoms with van der Waals surface area (Å²) in [6.45, 7) is 3.80. The van der Waals surface area contributed by atoms with Gasteiger partial charge in [-0.15, -0.1) is 0 Å². The van der Waals surface area contributed by atoms with Crippen LogP contribution in [0.3, 0.4) is 0 Å². The van der Waals surface area contributed by atoms with Gasteiger partial charge >= 0.3 is 11.9 Å². The van der Waals surface area contributed by atoms with Crippen molar-refractivity contribution in [1.82, 2.24) is 0 Å². The molecule has 0 aromatic heterocycles. The van der Waals surface area contributed by atoms with Gasteiger partial charge in [-0.3, -0.25) is 9.68 Å². The highest BCUT2D eigenvalue weighted by molar-refractivity contribution is 5.71. The van der Waals surface area contributed by atoms with Crippen molar-refractivity contribution in [3.63, 3.8) is 0 Å². The lowest BCUT2D eigenvalue weighted by Crippen LogP contribution is -2.15. The van der Waals surface area contributed by atoms with Gasteiger partial charge in [0.25, 0.3) is 0 Å². The predicted molar refractivity (Wildman–Crippen MR) is 52.7 cm³/mol. The molecule has 1 unspecified atom stereocenters. The van der Waals surface area contributed by atoms with E-state index >= 15 is 0 Å². The van der Waals surface area contributed by atoms with Gasteiger partial charge < -0.3 is 4.74 Å². The molecule has 0 fully saturated rings. The summed E-state index contributed by atoms with van der Waals surface area (Å²) in [5.74, 6) is -0.928. The fraction of sp³-hybridized carbons (Fsp3) is 0.800. The van der Waals surface area contributed by atoms with E-state index in [0.29, 0.717) is 25.9 Å². The number of carbonyl (C=O) groups excluding carboxylic acids is 2. The molecule has 0 saturated heterocycles. The Hall–Kier alpha value is -1.10. The molecule has 0 saturated carbocycles. The molecule has 88 valence electrons. The van der Waals surface area contributed by atoms with Gasteiger partial charge in [0.1, 0.15) is 0 Å². The average Bonchev–Trinajstić information content (AvgIpc) is 2.25. The molecule has 0 amide bonds. The highest BCUT2D eigenvalue weighted by atomic mass is 17.2. The molecule has 0 aliphatic heterocycles. The highest BCUT2D eigenvalue weighted by Gasteiger charge is 2.15. The summed E-state index contributed by atoms with van der Waals surface area (Å²) in [6, 6.07) is 0. The van der Waals surface area contributed by atoms with Crippen LogP contribution >= 0.6 is 0 Å². The fourth-order valence-corrected chi connectivity index (χ4v) is 0.972. The summed E-state index contributed by atoms with van der Waals surface area (Å²) in [7, 11) is 1.34. The lowest BCUT2D eigenvalue weighted by molar-refractivity contribution is -0.273. The standard InChI is InChI=1S/C10H18O5/c1-4-14-15-10(12)8(2)6-5-7-9(11)13-3/h8H,4-7H2,1-3H3. The first-order valence-electron chi connectivity index (χ1n) is 5.02. The molecule has 0 N–H and O–H groups in total. The molecule has 0 rings (SSSR count). The minimum atomic E-state index is -0.401. The normalized spacial score (nSPS) is 11.9. The molecule has 5 heteroatoms. The lowest BCUT2D eigenvalue weighted by atomic mass is 10.0. The quantitative estimate of drug-likeness (QED) is 0.368. The number of ether oxygens (including phenoxy) is 1. The Kier molecular flexibility index (Phi) is 7.62. The average molecular weight is 218 g/mol. The lowest BCUT2D eigenvalue weighted by Gasteiger charge is -2.08. The molecule has 5 nitrogen and oxygen atoms in total. The SMILES string of the molecule is CCOOC(=O)C(C)CCCC(=O)OC. The van der Waals surface area contributed by atoms with E-state index in [9.17, 15) is 9.59 Å². The van der Waals surface area contributed by atoms with Crippen LogP contribution in [0.25, 0.3) is 0 Å². The zero-order chi connectivity index (χ0) is 11.7. The van der Waals surface area contributed by atoms with Crippen LogP contribution in [-0.4, -0.2) is 25.7 Å². The molecule has 0 aliphatic carbocycles. The predicted octanol–water partition coefficient (Wildman–Crippen LogP) is 1.46. The molecule has 0 bridgehead atoms. The van der Waals surface area contributed by atoms with Crippen LogP contribution in [0, 0.1) is 5.92 Å². The van der Waals surface area contributed by atoms with Gasteiger partial charge in [-0.25, -0.2) is 4.79 Å². The molecule has 0 spiro atoms. The van der Waals surface area contributed by atoms with Crippen molar-refractivity contribution in [3.8, 4) is 0 Å². The van der Waals surface area contributed by atoms with Crippen LogP contribution in [0.2, 0.25) is 0 Å². The van der Waals surface area contributed by atoms with E-state index in [1.807, 2.05) is 0 Å². The summed E-state index contributed by atoms with van der Waals surface area (Å²) in [5.41, 5.74) is 0. The van der Waals surface area contributed by atoms with Gasteiger partial charge in [0.05, 0.1) is 19.6 Å². The number of esters is 1. The number of rotatable bonds is 7. The van der Waals surface area contributed by atoms with E-state index in [-0.39, 0.29) is 11.9 Å². The summed E-state index contributed by atoms with van der Waals surface area (Å²) in [5, 5.41) is 0. The Bertz CT molecular complexity index is 202. The number of methoxy groups -OCH3 is 1. The third kappa shape index (κ3) is 6.90. The van der Waals surface area contributed by atoms with Crippen molar-refractivity contribution in [2.45, 2.75) is 33.1 Å². The maximum absolute atomic E-state index is 11.2. The van der Waals surface area contributed by atoms with Gasteiger partial charge in [-0.1, -0.05) is 6.92 Å². The number of hydrogen-bond donors (Lipinski definition) is 0. The number of carbonyl (C=O) groups is 2. The summed E-state index contributed by atoms with van der Waals surface area (Å²) in [4.78, 5) is 31.0. The van der Waals surface area contributed by atoms with Gasteiger partial charge in [0.2, 0.25) is 0 Å².